The molecule has 0 saturated heterocycles. The van der Waals surface area contributed by atoms with Gasteiger partial charge in [-0.25, -0.2) is 13.1 Å². The van der Waals surface area contributed by atoms with Crippen LogP contribution in [0.15, 0.2) is 23.6 Å². The summed E-state index contributed by atoms with van der Waals surface area (Å²) in [5.41, 5.74) is 5.39. The van der Waals surface area contributed by atoms with Crippen LogP contribution in [0.3, 0.4) is 0 Å². The second kappa shape index (κ2) is 6.11. The van der Waals surface area contributed by atoms with Gasteiger partial charge in [0.05, 0.1) is 19.3 Å². The molecule has 0 aliphatic rings. The molecule has 2 aromatic heterocycles. The molecule has 2 rings (SSSR count). The molecule has 9 nitrogen and oxygen atoms in total. The fourth-order valence-electron chi connectivity index (χ4n) is 1.66. The highest BCUT2D eigenvalue weighted by Gasteiger charge is 2.17. The lowest BCUT2D eigenvalue weighted by atomic mass is 10.6. The molecule has 0 spiro atoms. The normalized spacial score (nSPS) is 11.9. The highest BCUT2D eigenvalue weighted by molar-refractivity contribution is 7.89. The molecule has 0 atom stereocenters. The molecule has 2 aromatic rings. The fourth-order valence-corrected chi connectivity index (χ4v) is 2.59. The van der Waals surface area contributed by atoms with Crippen LogP contribution in [0.2, 0.25) is 0 Å². The first-order valence-corrected chi connectivity index (χ1v) is 7.64. The first kappa shape index (κ1) is 14.6. The summed E-state index contributed by atoms with van der Waals surface area (Å²) < 4.78 is 29.9. The molecule has 10 heteroatoms. The van der Waals surface area contributed by atoms with Crippen LogP contribution >= 0.6 is 0 Å². The molecule has 0 aromatic carbocycles. The number of rotatable bonds is 7. The lowest BCUT2D eigenvalue weighted by Crippen LogP contribution is -2.24. The minimum atomic E-state index is -3.61. The maximum Gasteiger partial charge on any atom is 0.244 e. The Morgan fingerprint density at radius 2 is 2.25 bits per heavy atom. The van der Waals surface area contributed by atoms with E-state index >= 15 is 0 Å². The van der Waals surface area contributed by atoms with Crippen molar-refractivity contribution in [1.29, 1.82) is 0 Å². The third-order valence-corrected chi connectivity index (χ3v) is 4.09. The van der Waals surface area contributed by atoms with Crippen molar-refractivity contribution in [2.24, 2.45) is 5.73 Å². The third kappa shape index (κ3) is 3.21. The van der Waals surface area contributed by atoms with Crippen molar-refractivity contribution in [3.8, 4) is 0 Å². The highest BCUT2D eigenvalue weighted by atomic mass is 32.2. The Balaban J connectivity index is 2.07. The zero-order valence-corrected chi connectivity index (χ0v) is 11.9. The Bertz CT molecular complexity index is 661. The Labute approximate surface area is 116 Å². The number of sulfonamides is 1. The first-order chi connectivity index (χ1) is 9.56. The van der Waals surface area contributed by atoms with Crippen LogP contribution in [-0.2, 0) is 29.7 Å². The van der Waals surface area contributed by atoms with E-state index in [1.165, 1.54) is 17.1 Å². The van der Waals surface area contributed by atoms with Crippen molar-refractivity contribution >= 4 is 10.0 Å². The maximum atomic E-state index is 12.1. The summed E-state index contributed by atoms with van der Waals surface area (Å²) in [7, 11) is -3.61. The average Bonchev–Trinajstić information content (AvgIpc) is 3.05. The average molecular weight is 299 g/mol. The Hall–Kier alpha value is -1.78. The molecule has 0 unspecified atom stereocenters. The van der Waals surface area contributed by atoms with Gasteiger partial charge in [0.1, 0.15) is 17.0 Å². The van der Waals surface area contributed by atoms with E-state index in [0.717, 1.165) is 0 Å². The summed E-state index contributed by atoms with van der Waals surface area (Å²) in [6, 6.07) is 0. The van der Waals surface area contributed by atoms with Gasteiger partial charge in [-0.15, -0.1) is 10.2 Å². The van der Waals surface area contributed by atoms with E-state index in [9.17, 15) is 8.42 Å². The number of nitrogens with zero attached hydrogens (tertiary/aromatic N) is 5. The first-order valence-electron chi connectivity index (χ1n) is 6.15. The van der Waals surface area contributed by atoms with Gasteiger partial charge in [-0.3, -0.25) is 4.68 Å². The standard InChI is InChI=1S/C10H17N7O2S/c1-2-16-8-12-15-10(16)6-14-20(18,19)9-5-13-17(7-9)4-3-11/h5,7-8,14H,2-4,6,11H2,1H3. The van der Waals surface area contributed by atoms with Gasteiger partial charge in [0.15, 0.2) is 0 Å². The topological polar surface area (TPSA) is 121 Å². The van der Waals surface area contributed by atoms with Gasteiger partial charge in [-0.05, 0) is 6.92 Å². The quantitative estimate of drug-likeness (QED) is 0.671. The fraction of sp³-hybridized carbons (Fsp3) is 0.500. The van der Waals surface area contributed by atoms with E-state index in [1.54, 1.807) is 10.9 Å². The lowest BCUT2D eigenvalue weighted by Gasteiger charge is -2.05. The van der Waals surface area contributed by atoms with Crippen LogP contribution in [0.5, 0.6) is 0 Å². The Morgan fingerprint density at radius 1 is 1.45 bits per heavy atom. The largest absolute Gasteiger partial charge is 0.329 e. The molecule has 110 valence electrons. The summed E-state index contributed by atoms with van der Waals surface area (Å²) >= 11 is 0. The van der Waals surface area contributed by atoms with Crippen molar-refractivity contribution in [2.45, 2.75) is 31.5 Å². The SMILES string of the molecule is CCn1cnnc1CNS(=O)(=O)c1cnn(CCN)c1. The molecule has 0 radical (unpaired) electrons. The predicted molar refractivity (Wildman–Crippen MR) is 71.0 cm³/mol. The molecule has 0 fully saturated rings. The Kier molecular flexibility index (Phi) is 4.47. The van der Waals surface area contributed by atoms with E-state index < -0.39 is 10.0 Å². The monoisotopic (exact) mass is 299 g/mol. The van der Waals surface area contributed by atoms with Gasteiger partial charge < -0.3 is 10.3 Å². The van der Waals surface area contributed by atoms with E-state index in [2.05, 4.69) is 20.0 Å². The maximum absolute atomic E-state index is 12.1. The van der Waals surface area contributed by atoms with Gasteiger partial charge in [0.2, 0.25) is 10.0 Å². The molecule has 0 saturated carbocycles. The zero-order valence-electron chi connectivity index (χ0n) is 11.1. The van der Waals surface area contributed by atoms with Crippen molar-refractivity contribution in [3.05, 3.63) is 24.5 Å². The van der Waals surface area contributed by atoms with Crippen molar-refractivity contribution in [2.75, 3.05) is 6.54 Å². The minimum Gasteiger partial charge on any atom is -0.329 e. The molecular weight excluding hydrogens is 282 g/mol. The number of hydrogen-bond acceptors (Lipinski definition) is 6. The molecule has 0 bridgehead atoms. The van der Waals surface area contributed by atoms with Gasteiger partial charge in [-0.1, -0.05) is 0 Å². The predicted octanol–water partition coefficient (Wildman–Crippen LogP) is -1.07. The van der Waals surface area contributed by atoms with Crippen LogP contribution in [-0.4, -0.2) is 39.5 Å². The smallest absolute Gasteiger partial charge is 0.244 e. The van der Waals surface area contributed by atoms with Gasteiger partial charge in [0, 0.05) is 19.3 Å². The Morgan fingerprint density at radius 3 is 2.95 bits per heavy atom. The van der Waals surface area contributed by atoms with E-state index in [-0.39, 0.29) is 11.4 Å². The van der Waals surface area contributed by atoms with Crippen LogP contribution in [0, 0.1) is 0 Å². The zero-order chi connectivity index (χ0) is 14.6. The molecule has 0 aliphatic carbocycles. The number of aryl methyl sites for hydroxylation is 1. The third-order valence-electron chi connectivity index (χ3n) is 2.73. The van der Waals surface area contributed by atoms with Crippen molar-refractivity contribution in [1.82, 2.24) is 29.3 Å². The molecule has 2 heterocycles. The van der Waals surface area contributed by atoms with Crippen molar-refractivity contribution < 1.29 is 8.42 Å². The molecule has 0 amide bonds. The van der Waals surface area contributed by atoms with Crippen LogP contribution in [0.1, 0.15) is 12.7 Å². The number of aromatic nitrogens is 5. The number of nitrogens with two attached hydrogens (primary N) is 1. The van der Waals surface area contributed by atoms with Gasteiger partial charge in [0.25, 0.3) is 0 Å². The van der Waals surface area contributed by atoms with Crippen LogP contribution in [0.25, 0.3) is 0 Å². The lowest BCUT2D eigenvalue weighted by molar-refractivity contribution is 0.574. The molecular formula is C10H17N7O2S. The van der Waals surface area contributed by atoms with Gasteiger partial charge in [-0.2, -0.15) is 5.10 Å². The van der Waals surface area contributed by atoms with Crippen LogP contribution < -0.4 is 10.5 Å². The second-order valence-corrected chi connectivity index (χ2v) is 5.85. The summed E-state index contributed by atoms with van der Waals surface area (Å²) in [5, 5.41) is 11.5. The number of nitrogens with one attached hydrogen (secondary N) is 1. The van der Waals surface area contributed by atoms with Crippen molar-refractivity contribution in [3.63, 3.8) is 0 Å². The van der Waals surface area contributed by atoms with E-state index in [0.29, 0.717) is 25.5 Å². The number of hydrogen-bond donors (Lipinski definition) is 2. The summed E-state index contributed by atoms with van der Waals surface area (Å²) in [6.45, 7) is 3.56. The summed E-state index contributed by atoms with van der Waals surface area (Å²) in [4.78, 5) is 0.105. The molecule has 0 aliphatic heterocycles. The van der Waals surface area contributed by atoms with Gasteiger partial charge >= 0.3 is 0 Å². The minimum absolute atomic E-state index is 0.0816. The van der Waals surface area contributed by atoms with E-state index in [1.807, 2.05) is 6.92 Å². The summed E-state index contributed by atoms with van der Waals surface area (Å²) in [5.74, 6) is 0.561. The second-order valence-electron chi connectivity index (χ2n) is 4.09. The highest BCUT2D eigenvalue weighted by Crippen LogP contribution is 2.07. The molecule has 20 heavy (non-hydrogen) atoms. The molecule has 3 N–H and O–H groups in total. The summed E-state index contributed by atoms with van der Waals surface area (Å²) in [6.07, 6.45) is 4.30. The van der Waals surface area contributed by atoms with E-state index in [4.69, 9.17) is 5.73 Å². The van der Waals surface area contributed by atoms with Crippen LogP contribution in [0.4, 0.5) is 0 Å².